The second kappa shape index (κ2) is 7.06. The third kappa shape index (κ3) is 3.37. The van der Waals surface area contributed by atoms with E-state index in [4.69, 9.17) is 9.73 Å². The van der Waals surface area contributed by atoms with E-state index in [1.807, 2.05) is 12.1 Å². The summed E-state index contributed by atoms with van der Waals surface area (Å²) >= 11 is 0. The van der Waals surface area contributed by atoms with Crippen molar-refractivity contribution in [3.63, 3.8) is 0 Å². The van der Waals surface area contributed by atoms with Crippen LogP contribution in [-0.4, -0.2) is 43.0 Å². The lowest BCUT2D eigenvalue weighted by molar-refractivity contribution is -0.125. The van der Waals surface area contributed by atoms with Gasteiger partial charge in [0.1, 0.15) is 5.75 Å². The molecule has 2 atom stereocenters. The molecule has 1 aliphatic carbocycles. The van der Waals surface area contributed by atoms with Gasteiger partial charge in [-0.2, -0.15) is 0 Å². The minimum Gasteiger partial charge on any atom is -0.497 e. The summed E-state index contributed by atoms with van der Waals surface area (Å²) in [5, 5.41) is 3.08. The summed E-state index contributed by atoms with van der Waals surface area (Å²) < 4.78 is 5.24. The number of aliphatic imine (C=N–C) groups is 1. The molecule has 0 bridgehead atoms. The molecule has 1 saturated carbocycles. The number of hydrogen-bond donors (Lipinski definition) is 1. The molecule has 25 heavy (non-hydrogen) atoms. The van der Waals surface area contributed by atoms with Crippen molar-refractivity contribution in [1.82, 2.24) is 10.2 Å². The molecule has 1 amide bonds. The first-order chi connectivity index (χ1) is 12.2. The molecule has 0 radical (unpaired) electrons. The Morgan fingerprint density at radius 2 is 1.80 bits per heavy atom. The molecule has 2 heterocycles. The van der Waals surface area contributed by atoms with Gasteiger partial charge in [-0.15, -0.1) is 0 Å². The first-order valence-electron chi connectivity index (χ1n) is 9.52. The van der Waals surface area contributed by atoms with Gasteiger partial charge in [0.2, 0.25) is 11.9 Å². The molecule has 3 aliphatic rings. The Balaban J connectivity index is 1.39. The molecular formula is C20H27N3O2. The van der Waals surface area contributed by atoms with Gasteiger partial charge in [0.25, 0.3) is 0 Å². The molecule has 2 fully saturated rings. The Kier molecular flexibility index (Phi) is 4.64. The number of carbonyl (C=O) groups excluding carboxylic acids is 1. The highest BCUT2D eigenvalue weighted by Crippen LogP contribution is 2.32. The number of rotatable bonds is 2. The van der Waals surface area contributed by atoms with Crippen LogP contribution >= 0.6 is 0 Å². The van der Waals surface area contributed by atoms with Gasteiger partial charge in [-0.1, -0.05) is 25.0 Å². The Hall–Kier alpha value is -2.04. The standard InChI is InChI=1S/C20H27N3O2/c1-25-16-8-6-14(7-9-16)15-10-12-23(13-11-15)20-21-18-5-3-2-4-17(18)19(24)22-20/h6-9,15,17-18H,2-5,10-13H2,1H3,(H,21,22,24). The number of nitrogens with zero attached hydrogens (tertiary/aromatic N) is 2. The smallest absolute Gasteiger partial charge is 0.231 e. The first kappa shape index (κ1) is 16.4. The van der Waals surface area contributed by atoms with Crippen LogP contribution in [0.1, 0.15) is 50.0 Å². The van der Waals surface area contributed by atoms with Gasteiger partial charge in [-0.25, -0.2) is 4.99 Å². The van der Waals surface area contributed by atoms with Crippen LogP contribution in [0.4, 0.5) is 0 Å². The molecule has 2 aliphatic heterocycles. The number of piperidine rings is 1. The van der Waals surface area contributed by atoms with Gasteiger partial charge in [0.05, 0.1) is 19.1 Å². The summed E-state index contributed by atoms with van der Waals surface area (Å²) in [4.78, 5) is 19.6. The van der Waals surface area contributed by atoms with Crippen LogP contribution in [-0.2, 0) is 4.79 Å². The van der Waals surface area contributed by atoms with E-state index in [9.17, 15) is 4.79 Å². The molecule has 1 saturated heterocycles. The van der Waals surface area contributed by atoms with E-state index in [0.717, 1.165) is 56.9 Å². The number of hydrogen-bond acceptors (Lipinski definition) is 4. The maximum atomic E-state index is 12.4. The van der Waals surface area contributed by atoms with Gasteiger partial charge in [-0.3, -0.25) is 10.1 Å². The summed E-state index contributed by atoms with van der Waals surface area (Å²) in [5.41, 5.74) is 1.38. The lowest BCUT2D eigenvalue weighted by Crippen LogP contribution is -2.54. The maximum Gasteiger partial charge on any atom is 0.231 e. The molecule has 2 unspecified atom stereocenters. The Bertz CT molecular complexity index is 647. The molecule has 5 nitrogen and oxygen atoms in total. The zero-order valence-electron chi connectivity index (χ0n) is 14.9. The topological polar surface area (TPSA) is 53.9 Å². The molecule has 0 aromatic heterocycles. The van der Waals surface area contributed by atoms with Crippen LogP contribution in [0, 0.1) is 5.92 Å². The highest BCUT2D eigenvalue weighted by molar-refractivity contribution is 6.00. The first-order valence-corrected chi connectivity index (χ1v) is 9.52. The maximum absolute atomic E-state index is 12.4. The fraction of sp³-hybridized carbons (Fsp3) is 0.600. The van der Waals surface area contributed by atoms with Gasteiger partial charge in [0.15, 0.2) is 0 Å². The van der Waals surface area contributed by atoms with Gasteiger partial charge >= 0.3 is 0 Å². The minimum absolute atomic E-state index is 0.106. The number of carbonyl (C=O) groups is 1. The average Bonchev–Trinajstić information content (AvgIpc) is 2.68. The van der Waals surface area contributed by atoms with E-state index in [1.54, 1.807) is 7.11 Å². The highest BCUT2D eigenvalue weighted by Gasteiger charge is 2.36. The summed E-state index contributed by atoms with van der Waals surface area (Å²) in [6.07, 6.45) is 6.60. The fourth-order valence-electron chi connectivity index (χ4n) is 4.43. The number of ether oxygens (including phenoxy) is 1. The molecule has 134 valence electrons. The van der Waals surface area contributed by atoms with Crippen molar-refractivity contribution in [2.75, 3.05) is 20.2 Å². The highest BCUT2D eigenvalue weighted by atomic mass is 16.5. The van der Waals surface area contributed by atoms with Crippen molar-refractivity contribution in [2.45, 2.75) is 50.5 Å². The minimum atomic E-state index is 0.106. The second-order valence-corrected chi connectivity index (χ2v) is 7.43. The van der Waals surface area contributed by atoms with Gasteiger partial charge in [0, 0.05) is 13.1 Å². The van der Waals surface area contributed by atoms with Gasteiger partial charge in [-0.05, 0) is 49.3 Å². The summed E-state index contributed by atoms with van der Waals surface area (Å²) in [6, 6.07) is 8.63. The monoisotopic (exact) mass is 341 g/mol. The predicted octanol–water partition coefficient (Wildman–Crippen LogP) is 2.92. The molecule has 1 aromatic carbocycles. The third-order valence-electron chi connectivity index (χ3n) is 5.97. The van der Waals surface area contributed by atoms with E-state index in [0.29, 0.717) is 5.92 Å². The number of guanidine groups is 1. The lowest BCUT2D eigenvalue weighted by Gasteiger charge is -2.39. The van der Waals surface area contributed by atoms with Crippen molar-refractivity contribution in [1.29, 1.82) is 0 Å². The van der Waals surface area contributed by atoms with E-state index < -0.39 is 0 Å². The Morgan fingerprint density at radius 3 is 2.52 bits per heavy atom. The van der Waals surface area contributed by atoms with Crippen LogP contribution in [0.25, 0.3) is 0 Å². The number of amides is 1. The number of benzene rings is 1. The van der Waals surface area contributed by atoms with E-state index >= 15 is 0 Å². The second-order valence-electron chi connectivity index (χ2n) is 7.43. The van der Waals surface area contributed by atoms with E-state index in [1.165, 1.54) is 12.0 Å². The predicted molar refractivity (Wildman–Crippen MR) is 97.9 cm³/mol. The zero-order valence-corrected chi connectivity index (χ0v) is 14.9. The van der Waals surface area contributed by atoms with Crippen LogP contribution in [0.5, 0.6) is 5.75 Å². The van der Waals surface area contributed by atoms with Crippen LogP contribution in [0.3, 0.4) is 0 Å². The van der Waals surface area contributed by atoms with Crippen molar-refractivity contribution < 1.29 is 9.53 Å². The molecule has 1 aromatic rings. The zero-order chi connectivity index (χ0) is 17.2. The van der Waals surface area contributed by atoms with Gasteiger partial charge < -0.3 is 9.64 Å². The number of likely N-dealkylation sites (tertiary alicyclic amines) is 1. The molecular weight excluding hydrogens is 314 g/mol. The van der Waals surface area contributed by atoms with Crippen molar-refractivity contribution in [3.05, 3.63) is 29.8 Å². The quantitative estimate of drug-likeness (QED) is 0.900. The lowest BCUT2D eigenvalue weighted by atomic mass is 9.83. The van der Waals surface area contributed by atoms with Crippen LogP contribution in [0.15, 0.2) is 29.3 Å². The van der Waals surface area contributed by atoms with E-state index in [-0.39, 0.29) is 17.9 Å². The van der Waals surface area contributed by atoms with E-state index in [2.05, 4.69) is 22.3 Å². The van der Waals surface area contributed by atoms with Crippen LogP contribution in [0.2, 0.25) is 0 Å². The summed E-state index contributed by atoms with van der Waals surface area (Å²) in [5.74, 6) is 2.59. The normalized spacial score (nSPS) is 27.3. The largest absolute Gasteiger partial charge is 0.497 e. The Labute approximate surface area is 149 Å². The number of methoxy groups -OCH3 is 1. The fourth-order valence-corrected chi connectivity index (χ4v) is 4.43. The third-order valence-corrected chi connectivity index (χ3v) is 5.97. The van der Waals surface area contributed by atoms with Crippen LogP contribution < -0.4 is 10.1 Å². The summed E-state index contributed by atoms with van der Waals surface area (Å²) in [7, 11) is 1.70. The molecule has 4 rings (SSSR count). The number of nitrogens with one attached hydrogen (secondary N) is 1. The molecule has 5 heteroatoms. The van der Waals surface area contributed by atoms with Crippen molar-refractivity contribution in [3.8, 4) is 5.75 Å². The SMILES string of the molecule is COc1ccc(C2CCN(C3=NC4CCCCC4C(=O)N3)CC2)cc1. The average molecular weight is 341 g/mol. The molecule has 1 N–H and O–H groups in total. The van der Waals surface area contributed by atoms with Crippen molar-refractivity contribution >= 4 is 11.9 Å². The number of fused-ring (bicyclic) bond motifs is 1. The Morgan fingerprint density at radius 1 is 1.08 bits per heavy atom. The van der Waals surface area contributed by atoms with Crippen molar-refractivity contribution in [2.24, 2.45) is 10.9 Å². The molecule has 0 spiro atoms. The summed E-state index contributed by atoms with van der Waals surface area (Å²) in [6.45, 7) is 1.90.